The van der Waals surface area contributed by atoms with Gasteiger partial charge in [-0.2, -0.15) is 0 Å². The van der Waals surface area contributed by atoms with E-state index in [1.165, 1.54) is 30.9 Å². The Labute approximate surface area is 113 Å². The second kappa shape index (κ2) is 6.45. The number of hydrogen-bond donors (Lipinski definition) is 1. The summed E-state index contributed by atoms with van der Waals surface area (Å²) in [5, 5.41) is 8.65. The summed E-state index contributed by atoms with van der Waals surface area (Å²) in [6, 6.07) is 0.698. The van der Waals surface area contributed by atoms with E-state index in [1.54, 1.807) is 0 Å². The van der Waals surface area contributed by atoms with Crippen LogP contribution in [0.1, 0.15) is 25.5 Å². The Morgan fingerprint density at radius 3 is 3.06 bits per heavy atom. The molecule has 5 nitrogen and oxygen atoms in total. The molecule has 6 heteroatoms. The molecule has 1 aromatic heterocycles. The van der Waals surface area contributed by atoms with E-state index in [2.05, 4.69) is 45.7 Å². The minimum absolute atomic E-state index is 0.698. The molecule has 1 aromatic rings. The third-order valence-electron chi connectivity index (χ3n) is 3.51. The van der Waals surface area contributed by atoms with Crippen molar-refractivity contribution in [2.45, 2.75) is 32.4 Å². The number of nitrogens with zero attached hydrogens (tertiary/aromatic N) is 4. The predicted molar refractivity (Wildman–Crippen MR) is 76.1 cm³/mol. The number of likely N-dealkylation sites (N-methyl/N-ethyl adjacent to an activating group) is 2. The third kappa shape index (κ3) is 3.40. The van der Waals surface area contributed by atoms with Gasteiger partial charge in [-0.25, -0.2) is 0 Å². The molecule has 1 unspecified atom stereocenters. The summed E-state index contributed by atoms with van der Waals surface area (Å²) in [6.07, 6.45) is 2.64. The number of anilines is 1. The lowest BCUT2D eigenvalue weighted by atomic mass is 10.2. The highest BCUT2D eigenvalue weighted by molar-refractivity contribution is 7.10. The van der Waals surface area contributed by atoms with Crippen LogP contribution in [0.4, 0.5) is 5.00 Å². The molecule has 0 saturated carbocycles. The Morgan fingerprint density at radius 1 is 1.56 bits per heavy atom. The van der Waals surface area contributed by atoms with Crippen LogP contribution in [0.5, 0.6) is 0 Å². The normalized spacial score (nSPS) is 20.8. The van der Waals surface area contributed by atoms with E-state index in [9.17, 15) is 0 Å². The summed E-state index contributed by atoms with van der Waals surface area (Å²) < 4.78 is 4.03. The average molecular weight is 269 g/mol. The Balaban J connectivity index is 1.86. The highest BCUT2D eigenvalue weighted by Gasteiger charge is 2.22. The van der Waals surface area contributed by atoms with Crippen molar-refractivity contribution >= 4 is 16.5 Å². The summed E-state index contributed by atoms with van der Waals surface area (Å²) >= 11 is 1.45. The van der Waals surface area contributed by atoms with Crippen molar-refractivity contribution < 1.29 is 0 Å². The maximum absolute atomic E-state index is 4.22. The Bertz CT molecular complexity index is 367. The van der Waals surface area contributed by atoms with Crippen molar-refractivity contribution in [3.63, 3.8) is 0 Å². The summed E-state index contributed by atoms with van der Waals surface area (Å²) in [5.74, 6) is 0. The average Bonchev–Trinajstić information content (AvgIpc) is 2.91. The molecule has 0 aromatic carbocycles. The van der Waals surface area contributed by atoms with E-state index < -0.39 is 0 Å². The number of hydrogen-bond acceptors (Lipinski definition) is 6. The molecule has 102 valence electrons. The van der Waals surface area contributed by atoms with Gasteiger partial charge in [-0.15, -0.1) is 5.10 Å². The molecule has 1 atom stereocenters. The Hall–Kier alpha value is -0.720. The van der Waals surface area contributed by atoms with Gasteiger partial charge < -0.3 is 10.2 Å². The van der Waals surface area contributed by atoms with Crippen LogP contribution in [0.25, 0.3) is 0 Å². The molecule has 0 bridgehead atoms. The quantitative estimate of drug-likeness (QED) is 0.848. The van der Waals surface area contributed by atoms with Crippen LogP contribution < -0.4 is 5.32 Å². The molecule has 2 rings (SSSR count). The number of nitrogens with one attached hydrogen (secondary N) is 1. The number of rotatable bonds is 6. The molecule has 1 fully saturated rings. The lowest BCUT2D eigenvalue weighted by Gasteiger charge is -2.25. The zero-order valence-corrected chi connectivity index (χ0v) is 12.3. The second-order valence-electron chi connectivity index (χ2n) is 5.05. The molecule has 1 saturated heterocycles. The standard InChI is InChI=1S/C12H23N5S/c1-4-13-12-11(14-15-18-12)9-16(2)8-10-6-5-7-17(10)3/h10,13H,4-9H2,1-3H3. The van der Waals surface area contributed by atoms with Gasteiger partial charge in [-0.05, 0) is 40.4 Å². The van der Waals surface area contributed by atoms with Gasteiger partial charge in [-0.1, -0.05) is 4.49 Å². The summed E-state index contributed by atoms with van der Waals surface area (Å²) in [5.41, 5.74) is 1.07. The second-order valence-corrected chi connectivity index (χ2v) is 5.81. The first-order valence-corrected chi connectivity index (χ1v) is 7.42. The fourth-order valence-corrected chi connectivity index (χ4v) is 3.14. The van der Waals surface area contributed by atoms with E-state index in [0.717, 1.165) is 30.3 Å². The van der Waals surface area contributed by atoms with Gasteiger partial charge in [0.05, 0.1) is 0 Å². The Morgan fingerprint density at radius 2 is 2.39 bits per heavy atom. The maximum Gasteiger partial charge on any atom is 0.134 e. The number of likely N-dealkylation sites (tertiary alicyclic amines) is 1. The van der Waals surface area contributed by atoms with E-state index in [1.807, 2.05) is 0 Å². The van der Waals surface area contributed by atoms with Crippen molar-refractivity contribution in [3.8, 4) is 0 Å². The lowest BCUT2D eigenvalue weighted by molar-refractivity contribution is 0.214. The summed E-state index contributed by atoms with van der Waals surface area (Å²) in [7, 11) is 4.39. The van der Waals surface area contributed by atoms with Crippen LogP contribution in [0.15, 0.2) is 0 Å². The first-order chi connectivity index (χ1) is 8.70. The highest BCUT2D eigenvalue weighted by Crippen LogP contribution is 2.20. The minimum atomic E-state index is 0.698. The van der Waals surface area contributed by atoms with E-state index in [0.29, 0.717) is 6.04 Å². The van der Waals surface area contributed by atoms with Crippen LogP contribution in [0, 0.1) is 0 Å². The zero-order valence-electron chi connectivity index (χ0n) is 11.5. The smallest absolute Gasteiger partial charge is 0.134 e. The molecule has 1 aliphatic heterocycles. The van der Waals surface area contributed by atoms with Crippen molar-refractivity contribution in [1.29, 1.82) is 0 Å². The molecule has 1 aliphatic rings. The molecule has 18 heavy (non-hydrogen) atoms. The van der Waals surface area contributed by atoms with Crippen LogP contribution in [0.3, 0.4) is 0 Å². The largest absolute Gasteiger partial charge is 0.374 e. The molecular weight excluding hydrogens is 246 g/mol. The van der Waals surface area contributed by atoms with Gasteiger partial charge in [0.1, 0.15) is 10.7 Å². The monoisotopic (exact) mass is 269 g/mol. The molecule has 0 aliphatic carbocycles. The predicted octanol–water partition coefficient (Wildman–Crippen LogP) is 1.50. The van der Waals surface area contributed by atoms with E-state index >= 15 is 0 Å². The highest BCUT2D eigenvalue weighted by atomic mass is 32.1. The molecule has 0 radical (unpaired) electrons. The van der Waals surface area contributed by atoms with Gasteiger partial charge in [-0.3, -0.25) is 4.90 Å². The topological polar surface area (TPSA) is 44.3 Å². The third-order valence-corrected chi connectivity index (χ3v) is 4.23. The Kier molecular flexibility index (Phi) is 4.91. The number of aromatic nitrogens is 2. The summed E-state index contributed by atoms with van der Waals surface area (Å²) in [6.45, 7) is 6.24. The van der Waals surface area contributed by atoms with Crippen LogP contribution in [0.2, 0.25) is 0 Å². The van der Waals surface area contributed by atoms with Crippen LogP contribution in [-0.2, 0) is 6.54 Å². The molecule has 2 heterocycles. The summed E-state index contributed by atoms with van der Waals surface area (Å²) in [4.78, 5) is 4.81. The molecule has 0 spiro atoms. The fraction of sp³-hybridized carbons (Fsp3) is 0.833. The SMILES string of the molecule is CCNc1snnc1CN(C)CC1CCCN1C. The van der Waals surface area contributed by atoms with Crippen LogP contribution in [-0.4, -0.2) is 59.2 Å². The minimum Gasteiger partial charge on any atom is -0.374 e. The maximum atomic E-state index is 4.22. The van der Waals surface area contributed by atoms with Gasteiger partial charge >= 0.3 is 0 Å². The molecule has 0 amide bonds. The van der Waals surface area contributed by atoms with Crippen molar-refractivity contribution in [2.24, 2.45) is 0 Å². The molecular formula is C12H23N5S. The lowest BCUT2D eigenvalue weighted by Crippen LogP contribution is -2.36. The van der Waals surface area contributed by atoms with Gasteiger partial charge in [0.2, 0.25) is 0 Å². The first-order valence-electron chi connectivity index (χ1n) is 6.64. The molecule has 1 N–H and O–H groups in total. The van der Waals surface area contributed by atoms with Crippen LogP contribution >= 0.6 is 11.5 Å². The fourth-order valence-electron chi connectivity index (χ4n) is 2.50. The zero-order chi connectivity index (χ0) is 13.0. The van der Waals surface area contributed by atoms with Gasteiger partial charge in [0.25, 0.3) is 0 Å². The van der Waals surface area contributed by atoms with Crippen molar-refractivity contribution in [3.05, 3.63) is 5.69 Å². The van der Waals surface area contributed by atoms with Gasteiger partial charge in [0.15, 0.2) is 0 Å². The first kappa shape index (κ1) is 13.7. The van der Waals surface area contributed by atoms with Crippen molar-refractivity contribution in [1.82, 2.24) is 19.4 Å². The van der Waals surface area contributed by atoms with Gasteiger partial charge in [0, 0.05) is 37.2 Å². The van der Waals surface area contributed by atoms with E-state index in [4.69, 9.17) is 0 Å². The van der Waals surface area contributed by atoms with Crippen molar-refractivity contribution in [2.75, 3.05) is 39.0 Å². The van der Waals surface area contributed by atoms with E-state index in [-0.39, 0.29) is 0 Å².